The highest BCUT2D eigenvalue weighted by atomic mass is 16.5. The van der Waals surface area contributed by atoms with Crippen molar-refractivity contribution in [2.75, 3.05) is 19.5 Å². The summed E-state index contributed by atoms with van der Waals surface area (Å²) < 4.78 is 10.3. The van der Waals surface area contributed by atoms with Gasteiger partial charge < -0.3 is 25.7 Å². The number of amidine groups is 1. The van der Waals surface area contributed by atoms with E-state index in [9.17, 15) is 4.79 Å². The van der Waals surface area contributed by atoms with E-state index >= 15 is 0 Å². The van der Waals surface area contributed by atoms with Crippen molar-refractivity contribution < 1.29 is 19.5 Å². The second-order valence-corrected chi connectivity index (χ2v) is 4.94. The number of rotatable bonds is 5. The standard InChI is InChI=1S/C14H19N3O4/c1-20-9-4-5-10(11(8-9)21-2)16-13(18)14(6-3-7-14)12(15)17-19/h4-5,8,19H,3,6-7H2,1-2H3,(H2,15,17)(H,16,18). The Kier molecular flexibility index (Phi) is 4.21. The van der Waals surface area contributed by atoms with Gasteiger partial charge in [0.1, 0.15) is 16.9 Å². The van der Waals surface area contributed by atoms with Crippen molar-refractivity contribution in [1.29, 1.82) is 0 Å². The second kappa shape index (κ2) is 5.90. The minimum atomic E-state index is -0.931. The molecule has 0 atom stereocenters. The Morgan fingerprint density at radius 3 is 2.57 bits per heavy atom. The predicted octanol–water partition coefficient (Wildman–Crippen LogP) is 1.56. The van der Waals surface area contributed by atoms with Crippen molar-refractivity contribution in [3.63, 3.8) is 0 Å². The molecule has 1 amide bonds. The van der Waals surface area contributed by atoms with E-state index in [-0.39, 0.29) is 11.7 Å². The number of carbonyl (C=O) groups is 1. The molecule has 0 unspecified atom stereocenters. The van der Waals surface area contributed by atoms with Crippen LogP contribution in [-0.4, -0.2) is 31.2 Å². The highest BCUT2D eigenvalue weighted by Crippen LogP contribution is 2.42. The number of nitrogens with two attached hydrogens (primary N) is 1. The fourth-order valence-corrected chi connectivity index (χ4v) is 2.37. The van der Waals surface area contributed by atoms with E-state index in [1.165, 1.54) is 7.11 Å². The van der Waals surface area contributed by atoms with E-state index in [2.05, 4.69) is 10.5 Å². The maximum Gasteiger partial charge on any atom is 0.238 e. The number of carbonyl (C=O) groups excluding carboxylic acids is 1. The third kappa shape index (κ3) is 2.58. The van der Waals surface area contributed by atoms with Gasteiger partial charge in [0, 0.05) is 6.07 Å². The van der Waals surface area contributed by atoms with E-state index in [1.807, 2.05) is 0 Å². The first kappa shape index (κ1) is 15.0. The summed E-state index contributed by atoms with van der Waals surface area (Å²) in [5.41, 5.74) is 5.26. The van der Waals surface area contributed by atoms with Crippen molar-refractivity contribution in [3.8, 4) is 11.5 Å². The molecule has 0 heterocycles. The molecule has 1 aromatic carbocycles. The van der Waals surface area contributed by atoms with Crippen LogP contribution in [0.5, 0.6) is 11.5 Å². The number of ether oxygens (including phenoxy) is 2. The molecule has 7 heteroatoms. The second-order valence-electron chi connectivity index (χ2n) is 4.94. The SMILES string of the molecule is COc1ccc(NC(=O)C2(/C(N)=N/O)CCC2)c(OC)c1. The fourth-order valence-electron chi connectivity index (χ4n) is 2.37. The van der Waals surface area contributed by atoms with Crippen LogP contribution in [-0.2, 0) is 4.79 Å². The van der Waals surface area contributed by atoms with Crippen LogP contribution in [0.25, 0.3) is 0 Å². The van der Waals surface area contributed by atoms with Gasteiger partial charge in [-0.05, 0) is 25.0 Å². The molecule has 1 aliphatic carbocycles. The first-order valence-corrected chi connectivity index (χ1v) is 6.59. The molecule has 1 saturated carbocycles. The van der Waals surface area contributed by atoms with Crippen LogP contribution in [0, 0.1) is 5.41 Å². The van der Waals surface area contributed by atoms with Crippen LogP contribution in [0.3, 0.4) is 0 Å². The summed E-state index contributed by atoms with van der Waals surface area (Å²) in [6.45, 7) is 0. The molecule has 7 nitrogen and oxygen atoms in total. The quantitative estimate of drug-likeness (QED) is 0.330. The summed E-state index contributed by atoms with van der Waals surface area (Å²) in [4.78, 5) is 12.5. The molecular formula is C14H19N3O4. The van der Waals surface area contributed by atoms with Crippen molar-refractivity contribution in [2.45, 2.75) is 19.3 Å². The fraction of sp³-hybridized carbons (Fsp3) is 0.429. The Morgan fingerprint density at radius 1 is 1.38 bits per heavy atom. The Hall–Kier alpha value is -2.44. The number of hydrogen-bond acceptors (Lipinski definition) is 5. The van der Waals surface area contributed by atoms with Gasteiger partial charge in [-0.1, -0.05) is 11.6 Å². The van der Waals surface area contributed by atoms with Crippen LogP contribution in [0.4, 0.5) is 5.69 Å². The van der Waals surface area contributed by atoms with Crippen LogP contribution in [0.1, 0.15) is 19.3 Å². The van der Waals surface area contributed by atoms with E-state index in [0.29, 0.717) is 30.0 Å². The molecule has 1 aliphatic rings. The lowest BCUT2D eigenvalue weighted by Gasteiger charge is -2.38. The molecule has 4 N–H and O–H groups in total. The average molecular weight is 293 g/mol. The molecular weight excluding hydrogens is 274 g/mol. The van der Waals surface area contributed by atoms with Crippen LogP contribution in [0.2, 0.25) is 0 Å². The van der Waals surface area contributed by atoms with Gasteiger partial charge in [-0.15, -0.1) is 0 Å². The Bertz CT molecular complexity index is 567. The summed E-state index contributed by atoms with van der Waals surface area (Å²) in [7, 11) is 3.06. The number of hydrogen-bond donors (Lipinski definition) is 3. The van der Waals surface area contributed by atoms with Gasteiger partial charge in [0.15, 0.2) is 5.84 Å². The maximum atomic E-state index is 12.5. The largest absolute Gasteiger partial charge is 0.497 e. The smallest absolute Gasteiger partial charge is 0.238 e. The monoisotopic (exact) mass is 293 g/mol. The number of nitrogens with zero attached hydrogens (tertiary/aromatic N) is 1. The van der Waals surface area contributed by atoms with Crippen molar-refractivity contribution in [2.24, 2.45) is 16.3 Å². The number of methoxy groups -OCH3 is 2. The van der Waals surface area contributed by atoms with Gasteiger partial charge >= 0.3 is 0 Å². The average Bonchev–Trinajstić information content (AvgIpc) is 2.46. The molecule has 0 aromatic heterocycles. The van der Waals surface area contributed by atoms with Crippen molar-refractivity contribution in [3.05, 3.63) is 18.2 Å². The number of nitrogens with one attached hydrogen (secondary N) is 1. The zero-order valence-electron chi connectivity index (χ0n) is 12.0. The van der Waals surface area contributed by atoms with Gasteiger partial charge in [-0.2, -0.15) is 0 Å². The number of oxime groups is 1. The first-order chi connectivity index (χ1) is 10.1. The first-order valence-electron chi connectivity index (χ1n) is 6.59. The van der Waals surface area contributed by atoms with Gasteiger partial charge in [-0.3, -0.25) is 4.79 Å². The molecule has 0 saturated heterocycles. The van der Waals surface area contributed by atoms with E-state index in [1.54, 1.807) is 25.3 Å². The lowest BCUT2D eigenvalue weighted by molar-refractivity contribution is -0.125. The highest BCUT2D eigenvalue weighted by molar-refractivity contribution is 6.13. The van der Waals surface area contributed by atoms with Gasteiger partial charge in [0.05, 0.1) is 19.9 Å². The predicted molar refractivity (Wildman–Crippen MR) is 77.9 cm³/mol. The van der Waals surface area contributed by atoms with Crippen molar-refractivity contribution >= 4 is 17.4 Å². The van der Waals surface area contributed by atoms with Crippen LogP contribution >= 0.6 is 0 Å². The number of amides is 1. The van der Waals surface area contributed by atoms with E-state index in [4.69, 9.17) is 20.4 Å². The zero-order valence-corrected chi connectivity index (χ0v) is 12.0. The third-order valence-corrected chi connectivity index (χ3v) is 3.90. The van der Waals surface area contributed by atoms with Gasteiger partial charge in [0.2, 0.25) is 5.91 Å². The van der Waals surface area contributed by atoms with E-state index in [0.717, 1.165) is 6.42 Å². The van der Waals surface area contributed by atoms with Crippen LogP contribution in [0.15, 0.2) is 23.4 Å². The minimum absolute atomic E-state index is 0.0567. The lowest BCUT2D eigenvalue weighted by atomic mass is 9.67. The van der Waals surface area contributed by atoms with Crippen LogP contribution < -0.4 is 20.5 Å². The van der Waals surface area contributed by atoms with Crippen molar-refractivity contribution in [1.82, 2.24) is 0 Å². The van der Waals surface area contributed by atoms with Gasteiger partial charge in [-0.25, -0.2) is 0 Å². The highest BCUT2D eigenvalue weighted by Gasteiger charge is 2.48. The van der Waals surface area contributed by atoms with Gasteiger partial charge in [0.25, 0.3) is 0 Å². The summed E-state index contributed by atoms with van der Waals surface area (Å²) in [6.07, 6.45) is 1.99. The summed E-state index contributed by atoms with van der Waals surface area (Å²) in [5, 5.41) is 14.6. The summed E-state index contributed by atoms with van der Waals surface area (Å²) in [5.74, 6) is 0.752. The molecule has 1 aromatic rings. The summed E-state index contributed by atoms with van der Waals surface area (Å²) in [6, 6.07) is 5.08. The van der Waals surface area contributed by atoms with E-state index < -0.39 is 5.41 Å². The minimum Gasteiger partial charge on any atom is -0.497 e. The molecule has 2 rings (SSSR count). The topological polar surface area (TPSA) is 106 Å². The molecule has 0 aliphatic heterocycles. The third-order valence-electron chi connectivity index (χ3n) is 3.90. The molecule has 114 valence electrons. The summed E-state index contributed by atoms with van der Waals surface area (Å²) >= 11 is 0. The maximum absolute atomic E-state index is 12.5. The molecule has 1 fully saturated rings. The zero-order chi connectivity index (χ0) is 15.5. The Balaban J connectivity index is 2.23. The molecule has 0 radical (unpaired) electrons. The molecule has 0 bridgehead atoms. The lowest BCUT2D eigenvalue weighted by Crippen LogP contribution is -2.51. The molecule has 0 spiro atoms. The normalized spacial score (nSPS) is 16.8. The Morgan fingerprint density at radius 2 is 2.10 bits per heavy atom. The Labute approximate surface area is 122 Å². The molecule has 21 heavy (non-hydrogen) atoms. The number of benzene rings is 1. The number of anilines is 1.